The topological polar surface area (TPSA) is 53.6 Å². The zero-order valence-corrected chi connectivity index (χ0v) is 13.9. The van der Waals surface area contributed by atoms with E-state index in [0.717, 1.165) is 5.69 Å². The van der Waals surface area contributed by atoms with Crippen LogP contribution in [0.3, 0.4) is 0 Å². The third kappa shape index (κ3) is 4.14. The van der Waals surface area contributed by atoms with Gasteiger partial charge in [-0.25, -0.2) is 0 Å². The van der Waals surface area contributed by atoms with Gasteiger partial charge in [0.05, 0.1) is 12.2 Å². The molecule has 0 saturated heterocycles. The minimum atomic E-state index is -0.00762. The van der Waals surface area contributed by atoms with E-state index in [1.807, 2.05) is 0 Å². The molecule has 0 aliphatic heterocycles. The first-order valence-electron chi connectivity index (χ1n) is 7.41. The molecule has 0 aliphatic rings. The summed E-state index contributed by atoms with van der Waals surface area (Å²) in [7, 11) is 0. The van der Waals surface area contributed by atoms with Crippen molar-refractivity contribution in [1.29, 1.82) is 0 Å². The van der Waals surface area contributed by atoms with Crippen LogP contribution in [-0.4, -0.2) is 20.9 Å². The number of aromatic nitrogens is 3. The highest BCUT2D eigenvalue weighted by Crippen LogP contribution is 2.27. The van der Waals surface area contributed by atoms with E-state index in [1.54, 1.807) is 6.20 Å². The molecular formula is C17H26N4. The maximum atomic E-state index is 4.25. The lowest BCUT2D eigenvalue weighted by molar-refractivity contribution is 0.387. The summed E-state index contributed by atoms with van der Waals surface area (Å²) in [4.78, 5) is 0. The van der Waals surface area contributed by atoms with Gasteiger partial charge in [-0.2, -0.15) is 15.4 Å². The number of H-pyrrole nitrogens is 1. The second-order valence-electron chi connectivity index (χ2n) is 7.59. The van der Waals surface area contributed by atoms with Gasteiger partial charge in [0.1, 0.15) is 5.69 Å². The molecule has 2 rings (SSSR count). The van der Waals surface area contributed by atoms with Gasteiger partial charge in [-0.1, -0.05) is 45.0 Å². The summed E-state index contributed by atoms with van der Waals surface area (Å²) in [6.07, 6.45) is 1.78. The van der Waals surface area contributed by atoms with Crippen LogP contribution in [0, 0.1) is 0 Å². The van der Waals surface area contributed by atoms with Crippen LogP contribution >= 0.6 is 0 Å². The second kappa shape index (κ2) is 5.60. The van der Waals surface area contributed by atoms with E-state index in [2.05, 4.69) is 86.5 Å². The van der Waals surface area contributed by atoms with E-state index in [9.17, 15) is 0 Å². The van der Waals surface area contributed by atoms with Crippen molar-refractivity contribution in [3.63, 3.8) is 0 Å². The predicted molar refractivity (Wildman–Crippen MR) is 86.3 cm³/mol. The molecule has 1 atom stereocenters. The Labute approximate surface area is 127 Å². The van der Waals surface area contributed by atoms with Crippen LogP contribution in [0.25, 0.3) is 0 Å². The standard InChI is InChI=1S/C17H26N4/c1-16(2,3)13-9-7-12(8-10-13)15(19-17(4,5)6)14-11-18-21-20-14/h7-11,15,19H,1-6H3,(H,18,20,21). The van der Waals surface area contributed by atoms with E-state index >= 15 is 0 Å². The maximum absolute atomic E-state index is 4.25. The lowest BCUT2D eigenvalue weighted by atomic mass is 9.86. The minimum Gasteiger partial charge on any atom is -0.300 e. The number of rotatable bonds is 3. The quantitative estimate of drug-likeness (QED) is 0.906. The number of aromatic amines is 1. The molecule has 1 aromatic heterocycles. The molecule has 2 aromatic rings. The van der Waals surface area contributed by atoms with Crippen molar-refractivity contribution in [2.24, 2.45) is 0 Å². The van der Waals surface area contributed by atoms with Crippen molar-refractivity contribution in [3.05, 3.63) is 47.3 Å². The summed E-state index contributed by atoms with van der Waals surface area (Å²) in [5, 5.41) is 14.5. The predicted octanol–water partition coefficient (Wildman–Crippen LogP) is 3.58. The molecule has 1 heterocycles. The largest absolute Gasteiger partial charge is 0.300 e. The first-order valence-corrected chi connectivity index (χ1v) is 7.41. The minimum absolute atomic E-state index is 0.00762. The van der Waals surface area contributed by atoms with Gasteiger partial charge in [-0.15, -0.1) is 0 Å². The Morgan fingerprint density at radius 2 is 1.62 bits per heavy atom. The molecule has 114 valence electrons. The van der Waals surface area contributed by atoms with Gasteiger partial charge in [0.2, 0.25) is 0 Å². The van der Waals surface area contributed by atoms with Crippen molar-refractivity contribution in [2.75, 3.05) is 0 Å². The lowest BCUT2D eigenvalue weighted by Crippen LogP contribution is -2.39. The van der Waals surface area contributed by atoms with Gasteiger partial charge in [-0.05, 0) is 37.3 Å². The summed E-state index contributed by atoms with van der Waals surface area (Å²) in [5.74, 6) is 0. The Morgan fingerprint density at radius 3 is 2.05 bits per heavy atom. The molecule has 1 aromatic carbocycles. The monoisotopic (exact) mass is 286 g/mol. The Bertz CT molecular complexity index is 556. The van der Waals surface area contributed by atoms with Gasteiger partial charge in [-0.3, -0.25) is 0 Å². The molecule has 0 amide bonds. The summed E-state index contributed by atoms with van der Waals surface area (Å²) in [6, 6.07) is 8.80. The van der Waals surface area contributed by atoms with Gasteiger partial charge >= 0.3 is 0 Å². The summed E-state index contributed by atoms with van der Waals surface area (Å²) in [6.45, 7) is 13.1. The molecule has 2 N–H and O–H groups in total. The highest BCUT2D eigenvalue weighted by Gasteiger charge is 2.23. The molecule has 21 heavy (non-hydrogen) atoms. The van der Waals surface area contributed by atoms with Crippen molar-refractivity contribution >= 4 is 0 Å². The van der Waals surface area contributed by atoms with E-state index < -0.39 is 0 Å². The van der Waals surface area contributed by atoms with Crippen LogP contribution < -0.4 is 5.32 Å². The van der Waals surface area contributed by atoms with Crippen LogP contribution in [-0.2, 0) is 5.41 Å². The lowest BCUT2D eigenvalue weighted by Gasteiger charge is -2.28. The van der Waals surface area contributed by atoms with Crippen LogP contribution in [0.15, 0.2) is 30.5 Å². The number of hydrogen-bond donors (Lipinski definition) is 2. The molecule has 1 unspecified atom stereocenters. The second-order valence-corrected chi connectivity index (χ2v) is 7.59. The third-order valence-corrected chi connectivity index (χ3v) is 3.42. The Morgan fingerprint density at radius 1 is 1.00 bits per heavy atom. The van der Waals surface area contributed by atoms with E-state index in [0.29, 0.717) is 0 Å². The van der Waals surface area contributed by atoms with E-state index in [1.165, 1.54) is 11.1 Å². The van der Waals surface area contributed by atoms with Crippen LogP contribution in [0.5, 0.6) is 0 Å². The smallest absolute Gasteiger partial charge is 0.104 e. The average molecular weight is 286 g/mol. The molecule has 0 saturated carbocycles. The number of nitrogens with zero attached hydrogens (tertiary/aromatic N) is 2. The average Bonchev–Trinajstić information content (AvgIpc) is 2.88. The van der Waals surface area contributed by atoms with Crippen LogP contribution in [0.2, 0.25) is 0 Å². The normalized spacial score (nSPS) is 14.2. The highest BCUT2D eigenvalue weighted by molar-refractivity contribution is 5.32. The first-order chi connectivity index (χ1) is 9.67. The molecular weight excluding hydrogens is 260 g/mol. The highest BCUT2D eigenvalue weighted by atomic mass is 15.3. The Hall–Kier alpha value is -1.68. The Kier molecular flexibility index (Phi) is 4.19. The molecule has 0 radical (unpaired) electrons. The molecule has 0 bridgehead atoms. The summed E-state index contributed by atoms with van der Waals surface area (Å²) in [5.41, 5.74) is 3.60. The van der Waals surface area contributed by atoms with Crippen molar-refractivity contribution < 1.29 is 0 Å². The number of benzene rings is 1. The zero-order valence-electron chi connectivity index (χ0n) is 13.9. The van der Waals surface area contributed by atoms with Crippen molar-refractivity contribution in [2.45, 2.75) is 58.5 Å². The number of hydrogen-bond acceptors (Lipinski definition) is 3. The molecule has 0 spiro atoms. The Balaban J connectivity index is 2.33. The fourth-order valence-electron chi connectivity index (χ4n) is 2.29. The SMILES string of the molecule is CC(C)(C)NC(c1ccc(C(C)(C)C)cc1)c1cn[nH]n1. The fraction of sp³-hybridized carbons (Fsp3) is 0.529. The molecule has 0 fully saturated rings. The molecule has 4 nitrogen and oxygen atoms in total. The zero-order chi connectivity index (χ0) is 15.7. The van der Waals surface area contributed by atoms with Crippen LogP contribution in [0.4, 0.5) is 0 Å². The van der Waals surface area contributed by atoms with Gasteiger partial charge in [0.25, 0.3) is 0 Å². The maximum Gasteiger partial charge on any atom is 0.104 e. The van der Waals surface area contributed by atoms with Crippen molar-refractivity contribution in [3.8, 4) is 0 Å². The fourth-order valence-corrected chi connectivity index (χ4v) is 2.29. The summed E-state index contributed by atoms with van der Waals surface area (Å²) < 4.78 is 0. The van der Waals surface area contributed by atoms with E-state index in [4.69, 9.17) is 0 Å². The van der Waals surface area contributed by atoms with Crippen LogP contribution in [0.1, 0.15) is 64.4 Å². The number of nitrogens with one attached hydrogen (secondary N) is 2. The summed E-state index contributed by atoms with van der Waals surface area (Å²) >= 11 is 0. The van der Waals surface area contributed by atoms with Crippen molar-refractivity contribution in [1.82, 2.24) is 20.7 Å². The van der Waals surface area contributed by atoms with Gasteiger partial charge in [0.15, 0.2) is 0 Å². The van der Waals surface area contributed by atoms with Gasteiger partial charge in [0, 0.05) is 5.54 Å². The molecule has 0 aliphatic carbocycles. The molecule has 4 heteroatoms. The first kappa shape index (κ1) is 15.7. The third-order valence-electron chi connectivity index (χ3n) is 3.42. The van der Waals surface area contributed by atoms with Gasteiger partial charge < -0.3 is 5.32 Å². The van der Waals surface area contributed by atoms with E-state index in [-0.39, 0.29) is 17.0 Å².